The topological polar surface area (TPSA) is 24.5 Å². The van der Waals surface area contributed by atoms with Crippen LogP contribution in [0.3, 0.4) is 0 Å². The Bertz CT molecular complexity index is 413. The zero-order chi connectivity index (χ0) is 14.6. The van der Waals surface area contributed by atoms with Crippen LogP contribution in [-0.4, -0.2) is 39.4 Å². The molecule has 3 nitrogen and oxygen atoms in total. The van der Waals surface area contributed by atoms with E-state index >= 15 is 0 Å². The average Bonchev–Trinajstić information content (AvgIpc) is 2.86. The van der Waals surface area contributed by atoms with E-state index in [-0.39, 0.29) is 11.2 Å². The molecule has 112 valence electrons. The van der Waals surface area contributed by atoms with Gasteiger partial charge in [-0.15, -0.1) is 0 Å². The van der Waals surface area contributed by atoms with E-state index in [9.17, 15) is 4.39 Å². The maximum absolute atomic E-state index is 13.0. The SMILES string of the molecule is CC(C)NCC1(CN(C)c2ccc(F)cc2)CCOC1. The first-order valence-electron chi connectivity index (χ1n) is 7.29. The second-order valence-electron chi connectivity index (χ2n) is 6.17. The number of ether oxygens (including phenoxy) is 1. The highest BCUT2D eigenvalue weighted by atomic mass is 19.1. The molecule has 1 aromatic carbocycles. The van der Waals surface area contributed by atoms with Gasteiger partial charge in [0.25, 0.3) is 0 Å². The first kappa shape index (κ1) is 15.3. The van der Waals surface area contributed by atoms with Gasteiger partial charge in [0.15, 0.2) is 0 Å². The van der Waals surface area contributed by atoms with Crippen molar-refractivity contribution in [1.29, 1.82) is 0 Å². The minimum absolute atomic E-state index is 0.146. The van der Waals surface area contributed by atoms with Gasteiger partial charge in [-0.05, 0) is 30.7 Å². The number of nitrogens with one attached hydrogen (secondary N) is 1. The maximum atomic E-state index is 13.0. The van der Waals surface area contributed by atoms with E-state index in [0.29, 0.717) is 6.04 Å². The molecule has 0 aromatic heterocycles. The average molecular weight is 280 g/mol. The summed E-state index contributed by atoms with van der Waals surface area (Å²) in [7, 11) is 2.06. The first-order valence-corrected chi connectivity index (χ1v) is 7.29. The lowest BCUT2D eigenvalue weighted by molar-refractivity contribution is 0.151. The van der Waals surface area contributed by atoms with Crippen molar-refractivity contribution in [2.24, 2.45) is 5.41 Å². The molecule has 0 bridgehead atoms. The molecule has 0 radical (unpaired) electrons. The number of rotatable bonds is 6. The van der Waals surface area contributed by atoms with Gasteiger partial charge in [-0.25, -0.2) is 4.39 Å². The molecule has 1 unspecified atom stereocenters. The largest absolute Gasteiger partial charge is 0.381 e. The summed E-state index contributed by atoms with van der Waals surface area (Å²) in [5.74, 6) is -0.192. The number of hydrogen-bond acceptors (Lipinski definition) is 3. The molecular weight excluding hydrogens is 255 g/mol. The molecule has 1 N–H and O–H groups in total. The Labute approximate surface area is 121 Å². The predicted octanol–water partition coefficient (Wildman–Crippen LogP) is 2.67. The second-order valence-corrected chi connectivity index (χ2v) is 6.17. The van der Waals surface area contributed by atoms with Gasteiger partial charge < -0.3 is 15.0 Å². The molecule has 1 atom stereocenters. The number of halogens is 1. The lowest BCUT2D eigenvalue weighted by atomic mass is 9.86. The maximum Gasteiger partial charge on any atom is 0.123 e. The van der Waals surface area contributed by atoms with Crippen LogP contribution in [0, 0.1) is 11.2 Å². The summed E-state index contributed by atoms with van der Waals surface area (Å²) in [6.45, 7) is 7.81. The molecule has 4 heteroatoms. The fourth-order valence-corrected chi connectivity index (χ4v) is 2.68. The summed E-state index contributed by atoms with van der Waals surface area (Å²) in [4.78, 5) is 2.19. The highest BCUT2D eigenvalue weighted by molar-refractivity contribution is 5.45. The fourth-order valence-electron chi connectivity index (χ4n) is 2.68. The molecule has 2 rings (SSSR count). The van der Waals surface area contributed by atoms with Crippen LogP contribution in [0.4, 0.5) is 10.1 Å². The molecule has 1 aromatic rings. The van der Waals surface area contributed by atoms with Crippen LogP contribution < -0.4 is 10.2 Å². The summed E-state index contributed by atoms with van der Waals surface area (Å²) in [5, 5.41) is 3.53. The number of nitrogens with zero attached hydrogens (tertiary/aromatic N) is 1. The van der Waals surface area contributed by atoms with E-state index < -0.39 is 0 Å². The van der Waals surface area contributed by atoms with Crippen LogP contribution in [0.5, 0.6) is 0 Å². The minimum atomic E-state index is -0.192. The summed E-state index contributed by atoms with van der Waals surface area (Å²) in [6, 6.07) is 7.15. The minimum Gasteiger partial charge on any atom is -0.381 e. The predicted molar refractivity (Wildman–Crippen MR) is 80.7 cm³/mol. The van der Waals surface area contributed by atoms with Crippen molar-refractivity contribution >= 4 is 5.69 Å². The quantitative estimate of drug-likeness (QED) is 0.867. The molecule has 0 aliphatic carbocycles. The van der Waals surface area contributed by atoms with Crippen molar-refractivity contribution in [3.63, 3.8) is 0 Å². The van der Waals surface area contributed by atoms with Crippen molar-refractivity contribution in [3.8, 4) is 0 Å². The molecule has 0 spiro atoms. The number of hydrogen-bond donors (Lipinski definition) is 1. The third-order valence-corrected chi connectivity index (χ3v) is 3.91. The smallest absolute Gasteiger partial charge is 0.123 e. The van der Waals surface area contributed by atoms with Gasteiger partial charge in [-0.1, -0.05) is 13.8 Å². The molecule has 1 heterocycles. The van der Waals surface area contributed by atoms with Crippen LogP contribution in [0.15, 0.2) is 24.3 Å². The van der Waals surface area contributed by atoms with Gasteiger partial charge in [0.05, 0.1) is 6.61 Å². The zero-order valence-corrected chi connectivity index (χ0v) is 12.7. The van der Waals surface area contributed by atoms with Crippen LogP contribution in [0.2, 0.25) is 0 Å². The van der Waals surface area contributed by atoms with Crippen molar-refractivity contribution in [3.05, 3.63) is 30.1 Å². The van der Waals surface area contributed by atoms with Crippen molar-refractivity contribution in [2.45, 2.75) is 26.3 Å². The van der Waals surface area contributed by atoms with Crippen LogP contribution in [0.25, 0.3) is 0 Å². The highest BCUT2D eigenvalue weighted by Gasteiger charge is 2.36. The Hall–Kier alpha value is -1.13. The second kappa shape index (κ2) is 6.55. The van der Waals surface area contributed by atoms with Crippen LogP contribution in [0.1, 0.15) is 20.3 Å². The van der Waals surface area contributed by atoms with Gasteiger partial charge in [0.2, 0.25) is 0 Å². The molecule has 0 amide bonds. The highest BCUT2D eigenvalue weighted by Crippen LogP contribution is 2.30. The molecule has 0 saturated carbocycles. The van der Waals surface area contributed by atoms with Gasteiger partial charge in [0.1, 0.15) is 5.82 Å². The summed E-state index contributed by atoms with van der Waals surface area (Å²) in [6.07, 6.45) is 1.07. The van der Waals surface area contributed by atoms with Crippen LogP contribution >= 0.6 is 0 Å². The van der Waals surface area contributed by atoms with E-state index in [2.05, 4.69) is 31.1 Å². The normalized spacial score (nSPS) is 22.4. The molecule has 1 fully saturated rings. The zero-order valence-electron chi connectivity index (χ0n) is 12.7. The third kappa shape index (κ3) is 3.93. The Morgan fingerprint density at radius 2 is 2.05 bits per heavy atom. The Morgan fingerprint density at radius 3 is 2.60 bits per heavy atom. The Morgan fingerprint density at radius 1 is 1.35 bits per heavy atom. The van der Waals surface area contributed by atoms with Crippen LogP contribution in [-0.2, 0) is 4.74 Å². The molecule has 20 heavy (non-hydrogen) atoms. The lowest BCUT2D eigenvalue weighted by Gasteiger charge is -2.34. The van der Waals surface area contributed by atoms with Gasteiger partial charge in [0, 0.05) is 43.9 Å². The molecule has 1 aliphatic heterocycles. The van der Waals surface area contributed by atoms with Gasteiger partial charge in [-0.3, -0.25) is 0 Å². The Kier molecular flexibility index (Phi) is 5.00. The third-order valence-electron chi connectivity index (χ3n) is 3.91. The van der Waals surface area contributed by atoms with E-state index in [0.717, 1.165) is 38.4 Å². The number of anilines is 1. The van der Waals surface area contributed by atoms with Gasteiger partial charge in [-0.2, -0.15) is 0 Å². The van der Waals surface area contributed by atoms with E-state index in [4.69, 9.17) is 4.74 Å². The monoisotopic (exact) mass is 280 g/mol. The van der Waals surface area contributed by atoms with Crippen molar-refractivity contribution < 1.29 is 9.13 Å². The first-order chi connectivity index (χ1) is 9.51. The number of benzene rings is 1. The van der Waals surface area contributed by atoms with Crippen molar-refractivity contribution in [2.75, 3.05) is 38.3 Å². The summed E-state index contributed by atoms with van der Waals surface area (Å²) >= 11 is 0. The van der Waals surface area contributed by atoms with E-state index in [1.165, 1.54) is 12.1 Å². The van der Waals surface area contributed by atoms with Crippen molar-refractivity contribution in [1.82, 2.24) is 5.32 Å². The van der Waals surface area contributed by atoms with E-state index in [1.54, 1.807) is 0 Å². The summed E-state index contributed by atoms with van der Waals surface area (Å²) < 4.78 is 18.6. The molecule has 1 aliphatic rings. The Balaban J connectivity index is 2.02. The standard InChI is InChI=1S/C16H25FN2O/c1-13(2)18-10-16(8-9-20-12-16)11-19(3)15-6-4-14(17)5-7-15/h4-7,13,18H,8-12H2,1-3H3. The van der Waals surface area contributed by atoms with Gasteiger partial charge >= 0.3 is 0 Å². The lowest BCUT2D eigenvalue weighted by Crippen LogP contribution is -2.45. The molecular formula is C16H25FN2O. The molecule has 1 saturated heterocycles. The summed E-state index contributed by atoms with van der Waals surface area (Å²) in [5.41, 5.74) is 1.19. The van der Waals surface area contributed by atoms with E-state index in [1.807, 2.05) is 12.1 Å². The fraction of sp³-hybridized carbons (Fsp3) is 0.625.